The SMILES string of the molecule is CCOC1CCN(C(=O)c2cccc(Br)n2)CC1. The number of hydrogen-bond donors (Lipinski definition) is 0. The van der Waals surface area contributed by atoms with Crippen LogP contribution in [-0.4, -0.2) is 41.6 Å². The van der Waals surface area contributed by atoms with Gasteiger partial charge in [-0.2, -0.15) is 0 Å². The highest BCUT2D eigenvalue weighted by molar-refractivity contribution is 9.10. The van der Waals surface area contributed by atoms with Gasteiger partial charge in [-0.05, 0) is 47.8 Å². The van der Waals surface area contributed by atoms with Crippen molar-refractivity contribution in [2.24, 2.45) is 0 Å². The van der Waals surface area contributed by atoms with Gasteiger partial charge in [0.2, 0.25) is 0 Å². The maximum absolute atomic E-state index is 12.2. The lowest BCUT2D eigenvalue weighted by atomic mass is 10.1. The molecule has 1 saturated heterocycles. The lowest BCUT2D eigenvalue weighted by molar-refractivity contribution is 0.0144. The van der Waals surface area contributed by atoms with Gasteiger partial charge >= 0.3 is 0 Å². The molecular formula is C13H17BrN2O2. The molecule has 1 aliphatic rings. The molecule has 18 heavy (non-hydrogen) atoms. The van der Waals surface area contributed by atoms with Crippen LogP contribution in [0.1, 0.15) is 30.3 Å². The van der Waals surface area contributed by atoms with Crippen LogP contribution in [-0.2, 0) is 4.74 Å². The maximum Gasteiger partial charge on any atom is 0.272 e. The molecule has 1 aliphatic heterocycles. The van der Waals surface area contributed by atoms with Gasteiger partial charge in [-0.15, -0.1) is 0 Å². The molecule has 4 nitrogen and oxygen atoms in total. The summed E-state index contributed by atoms with van der Waals surface area (Å²) in [6.45, 7) is 4.24. The second-order valence-electron chi connectivity index (χ2n) is 4.29. The van der Waals surface area contributed by atoms with Gasteiger partial charge in [-0.1, -0.05) is 6.07 Å². The number of carbonyl (C=O) groups is 1. The summed E-state index contributed by atoms with van der Waals surface area (Å²) in [6.07, 6.45) is 2.12. The number of piperidine rings is 1. The van der Waals surface area contributed by atoms with Crippen LogP contribution in [0.2, 0.25) is 0 Å². The predicted molar refractivity (Wildman–Crippen MR) is 72.5 cm³/mol. The zero-order chi connectivity index (χ0) is 13.0. The first-order chi connectivity index (χ1) is 8.70. The van der Waals surface area contributed by atoms with Crippen LogP contribution < -0.4 is 0 Å². The van der Waals surface area contributed by atoms with Crippen molar-refractivity contribution >= 4 is 21.8 Å². The minimum Gasteiger partial charge on any atom is -0.378 e. The van der Waals surface area contributed by atoms with Crippen molar-refractivity contribution < 1.29 is 9.53 Å². The van der Waals surface area contributed by atoms with E-state index in [4.69, 9.17) is 4.74 Å². The Bertz CT molecular complexity index is 417. The van der Waals surface area contributed by atoms with Crippen LogP contribution in [0.15, 0.2) is 22.8 Å². The van der Waals surface area contributed by atoms with Crippen LogP contribution in [0, 0.1) is 0 Å². The molecule has 5 heteroatoms. The average Bonchev–Trinajstić information content (AvgIpc) is 2.39. The van der Waals surface area contributed by atoms with E-state index in [1.54, 1.807) is 6.07 Å². The second kappa shape index (κ2) is 6.29. The zero-order valence-corrected chi connectivity index (χ0v) is 12.0. The van der Waals surface area contributed by atoms with E-state index in [2.05, 4.69) is 20.9 Å². The largest absolute Gasteiger partial charge is 0.378 e. The molecule has 0 spiro atoms. The van der Waals surface area contributed by atoms with Crippen LogP contribution in [0.25, 0.3) is 0 Å². The molecule has 1 amide bonds. The van der Waals surface area contributed by atoms with Gasteiger partial charge in [0.1, 0.15) is 10.3 Å². The van der Waals surface area contributed by atoms with Gasteiger partial charge in [0, 0.05) is 19.7 Å². The van der Waals surface area contributed by atoms with Crippen molar-refractivity contribution in [3.63, 3.8) is 0 Å². The molecule has 0 radical (unpaired) electrons. The van der Waals surface area contributed by atoms with E-state index >= 15 is 0 Å². The van der Waals surface area contributed by atoms with Crippen LogP contribution >= 0.6 is 15.9 Å². The Hall–Kier alpha value is -0.940. The first-order valence-corrected chi connectivity index (χ1v) is 7.03. The van der Waals surface area contributed by atoms with E-state index in [1.165, 1.54) is 0 Å². The number of likely N-dealkylation sites (tertiary alicyclic amines) is 1. The molecule has 1 aromatic rings. The predicted octanol–water partition coefficient (Wildman–Crippen LogP) is 2.49. The quantitative estimate of drug-likeness (QED) is 0.805. The molecule has 2 heterocycles. The lowest BCUT2D eigenvalue weighted by Gasteiger charge is -2.31. The smallest absolute Gasteiger partial charge is 0.272 e. The lowest BCUT2D eigenvalue weighted by Crippen LogP contribution is -2.41. The standard InChI is InChI=1S/C13H17BrN2O2/c1-2-18-10-6-8-16(9-7-10)13(17)11-4-3-5-12(14)15-11/h3-5,10H,2,6-9H2,1H3. The molecule has 0 N–H and O–H groups in total. The number of rotatable bonds is 3. The Morgan fingerprint density at radius 2 is 2.22 bits per heavy atom. The molecule has 0 aliphatic carbocycles. The Morgan fingerprint density at radius 3 is 2.83 bits per heavy atom. The van der Waals surface area contributed by atoms with Gasteiger partial charge in [0.15, 0.2) is 0 Å². The third-order valence-electron chi connectivity index (χ3n) is 3.07. The molecule has 1 aromatic heterocycles. The fourth-order valence-electron chi connectivity index (χ4n) is 2.15. The van der Waals surface area contributed by atoms with E-state index in [0.29, 0.717) is 16.4 Å². The van der Waals surface area contributed by atoms with Gasteiger partial charge in [-0.3, -0.25) is 4.79 Å². The van der Waals surface area contributed by atoms with Gasteiger partial charge < -0.3 is 9.64 Å². The highest BCUT2D eigenvalue weighted by atomic mass is 79.9. The molecule has 2 rings (SSSR count). The summed E-state index contributed by atoms with van der Waals surface area (Å²) in [5, 5.41) is 0. The number of halogens is 1. The summed E-state index contributed by atoms with van der Waals surface area (Å²) in [7, 11) is 0. The van der Waals surface area contributed by atoms with E-state index in [1.807, 2.05) is 24.0 Å². The van der Waals surface area contributed by atoms with E-state index < -0.39 is 0 Å². The van der Waals surface area contributed by atoms with E-state index in [0.717, 1.165) is 32.5 Å². The third kappa shape index (κ3) is 3.29. The minimum absolute atomic E-state index is 0.00579. The van der Waals surface area contributed by atoms with Crippen molar-refractivity contribution in [3.05, 3.63) is 28.5 Å². The molecule has 0 bridgehead atoms. The van der Waals surface area contributed by atoms with Gasteiger partial charge in [-0.25, -0.2) is 4.98 Å². The number of hydrogen-bond acceptors (Lipinski definition) is 3. The van der Waals surface area contributed by atoms with Crippen molar-refractivity contribution in [3.8, 4) is 0 Å². The fraction of sp³-hybridized carbons (Fsp3) is 0.538. The number of nitrogens with zero attached hydrogens (tertiary/aromatic N) is 2. The summed E-state index contributed by atoms with van der Waals surface area (Å²) in [4.78, 5) is 18.3. The van der Waals surface area contributed by atoms with Crippen LogP contribution in [0.4, 0.5) is 0 Å². The molecule has 0 atom stereocenters. The molecule has 0 unspecified atom stereocenters. The number of aromatic nitrogens is 1. The van der Waals surface area contributed by atoms with Crippen molar-refractivity contribution in [1.82, 2.24) is 9.88 Å². The van der Waals surface area contributed by atoms with Crippen molar-refractivity contribution in [2.75, 3.05) is 19.7 Å². The van der Waals surface area contributed by atoms with Crippen LogP contribution in [0.3, 0.4) is 0 Å². The Labute approximate surface area is 115 Å². The third-order valence-corrected chi connectivity index (χ3v) is 3.51. The van der Waals surface area contributed by atoms with Gasteiger partial charge in [0.05, 0.1) is 6.10 Å². The average molecular weight is 313 g/mol. The monoisotopic (exact) mass is 312 g/mol. The number of carbonyl (C=O) groups excluding carboxylic acids is 1. The molecule has 98 valence electrons. The van der Waals surface area contributed by atoms with Crippen molar-refractivity contribution in [2.45, 2.75) is 25.9 Å². The summed E-state index contributed by atoms with van der Waals surface area (Å²) in [5.41, 5.74) is 0.499. The summed E-state index contributed by atoms with van der Waals surface area (Å²) in [6, 6.07) is 5.40. The topological polar surface area (TPSA) is 42.4 Å². The number of pyridine rings is 1. The Kier molecular flexibility index (Phi) is 4.72. The number of ether oxygens (including phenoxy) is 1. The van der Waals surface area contributed by atoms with Gasteiger partial charge in [0.25, 0.3) is 5.91 Å². The zero-order valence-electron chi connectivity index (χ0n) is 10.4. The first kappa shape index (κ1) is 13.5. The normalized spacial score (nSPS) is 16.9. The highest BCUT2D eigenvalue weighted by Gasteiger charge is 2.24. The molecule has 0 aromatic carbocycles. The van der Waals surface area contributed by atoms with E-state index in [9.17, 15) is 4.79 Å². The Balaban J connectivity index is 1.95. The van der Waals surface area contributed by atoms with E-state index in [-0.39, 0.29) is 5.91 Å². The number of amides is 1. The molecular weight excluding hydrogens is 296 g/mol. The summed E-state index contributed by atoms with van der Waals surface area (Å²) >= 11 is 3.28. The summed E-state index contributed by atoms with van der Waals surface area (Å²) in [5.74, 6) is 0.00579. The second-order valence-corrected chi connectivity index (χ2v) is 5.10. The minimum atomic E-state index is 0.00579. The first-order valence-electron chi connectivity index (χ1n) is 6.24. The maximum atomic E-state index is 12.2. The summed E-state index contributed by atoms with van der Waals surface area (Å²) < 4.78 is 6.27. The Morgan fingerprint density at radius 1 is 1.50 bits per heavy atom. The van der Waals surface area contributed by atoms with Crippen molar-refractivity contribution in [1.29, 1.82) is 0 Å². The van der Waals surface area contributed by atoms with Crippen LogP contribution in [0.5, 0.6) is 0 Å². The molecule has 0 saturated carbocycles. The highest BCUT2D eigenvalue weighted by Crippen LogP contribution is 2.16. The fourth-order valence-corrected chi connectivity index (χ4v) is 2.49. The molecule has 1 fully saturated rings.